The Morgan fingerprint density at radius 2 is 1.90 bits per heavy atom. The normalized spacial score (nSPS) is 10.1. The van der Waals surface area contributed by atoms with Crippen LogP contribution in [-0.4, -0.2) is 22.0 Å². The number of halogens is 1. The third-order valence-electron chi connectivity index (χ3n) is 2.85. The molecule has 1 amide bonds. The predicted octanol–water partition coefficient (Wildman–Crippen LogP) is 2.49. The summed E-state index contributed by atoms with van der Waals surface area (Å²) in [6.07, 6.45) is 1.99. The van der Waals surface area contributed by atoms with Crippen molar-refractivity contribution in [1.29, 1.82) is 0 Å². The number of aryl methyl sites for hydroxylation is 1. The van der Waals surface area contributed by atoms with Crippen LogP contribution in [0.1, 0.15) is 22.3 Å². The minimum absolute atomic E-state index is 0.0223. The molecule has 2 aromatic rings. The molecule has 0 saturated carbocycles. The summed E-state index contributed by atoms with van der Waals surface area (Å²) in [5.41, 5.74) is 0.763. The second kappa shape index (κ2) is 6.60. The van der Waals surface area contributed by atoms with Crippen molar-refractivity contribution in [3.8, 4) is 0 Å². The van der Waals surface area contributed by atoms with Crippen LogP contribution in [0.15, 0.2) is 42.6 Å². The first-order valence-electron chi connectivity index (χ1n) is 6.29. The zero-order valence-electron chi connectivity index (χ0n) is 11.0. The summed E-state index contributed by atoms with van der Waals surface area (Å²) in [6, 6.07) is 8.71. The van der Waals surface area contributed by atoms with Crippen LogP contribution < -0.4 is 5.32 Å². The maximum atomic E-state index is 12.7. The fourth-order valence-corrected chi connectivity index (χ4v) is 1.78. The fourth-order valence-electron chi connectivity index (χ4n) is 1.78. The Kier molecular flexibility index (Phi) is 4.61. The highest BCUT2D eigenvalue weighted by molar-refractivity contribution is 5.99. The summed E-state index contributed by atoms with van der Waals surface area (Å²) < 4.78 is 12.7. The van der Waals surface area contributed by atoms with Gasteiger partial charge in [-0.1, -0.05) is 12.1 Å². The summed E-state index contributed by atoms with van der Waals surface area (Å²) in [5, 5.41) is 11.5. The molecule has 0 fully saturated rings. The van der Waals surface area contributed by atoms with E-state index in [0.717, 1.165) is 5.56 Å². The van der Waals surface area contributed by atoms with Crippen molar-refractivity contribution in [2.24, 2.45) is 0 Å². The number of carboxylic acids is 1. The van der Waals surface area contributed by atoms with Gasteiger partial charge < -0.3 is 10.4 Å². The largest absolute Gasteiger partial charge is 0.478 e. The Morgan fingerprint density at radius 3 is 2.57 bits per heavy atom. The van der Waals surface area contributed by atoms with E-state index in [0.29, 0.717) is 6.42 Å². The van der Waals surface area contributed by atoms with Crippen LogP contribution in [-0.2, 0) is 11.2 Å². The molecule has 2 rings (SSSR count). The van der Waals surface area contributed by atoms with E-state index in [1.807, 2.05) is 0 Å². The highest BCUT2D eigenvalue weighted by Gasteiger charge is 2.13. The standard InChI is InChI=1S/C15H13FN2O3/c16-11-6-3-10(4-7-11)5-8-13(19)18-14-12(15(20)21)2-1-9-17-14/h1-4,6-7,9H,5,8H2,(H,20,21)(H,17,18,19). The molecular formula is C15H13FN2O3. The van der Waals surface area contributed by atoms with Gasteiger partial charge in [-0.3, -0.25) is 4.79 Å². The van der Waals surface area contributed by atoms with E-state index in [4.69, 9.17) is 5.11 Å². The van der Waals surface area contributed by atoms with Crippen molar-refractivity contribution in [3.05, 3.63) is 59.5 Å². The second-order valence-corrected chi connectivity index (χ2v) is 4.38. The molecule has 2 N–H and O–H groups in total. The molecular weight excluding hydrogens is 275 g/mol. The van der Waals surface area contributed by atoms with Gasteiger partial charge in [0.15, 0.2) is 0 Å². The number of hydrogen-bond acceptors (Lipinski definition) is 3. The molecule has 0 aliphatic carbocycles. The predicted molar refractivity (Wildman–Crippen MR) is 74.5 cm³/mol. The van der Waals surface area contributed by atoms with Gasteiger partial charge in [-0.25, -0.2) is 14.2 Å². The fraction of sp³-hybridized carbons (Fsp3) is 0.133. The molecule has 0 atom stereocenters. The monoisotopic (exact) mass is 288 g/mol. The van der Waals surface area contributed by atoms with E-state index in [1.54, 1.807) is 12.1 Å². The van der Waals surface area contributed by atoms with Gasteiger partial charge in [0, 0.05) is 12.6 Å². The summed E-state index contributed by atoms with van der Waals surface area (Å²) in [4.78, 5) is 26.6. The van der Waals surface area contributed by atoms with Crippen molar-refractivity contribution < 1.29 is 19.1 Å². The molecule has 1 heterocycles. The van der Waals surface area contributed by atoms with Gasteiger partial charge >= 0.3 is 5.97 Å². The number of nitrogens with one attached hydrogen (secondary N) is 1. The van der Waals surface area contributed by atoms with E-state index in [2.05, 4.69) is 10.3 Å². The van der Waals surface area contributed by atoms with Crippen molar-refractivity contribution in [2.75, 3.05) is 5.32 Å². The Morgan fingerprint density at radius 1 is 1.19 bits per heavy atom. The molecule has 0 bridgehead atoms. The maximum absolute atomic E-state index is 12.7. The number of carbonyl (C=O) groups excluding carboxylic acids is 1. The average molecular weight is 288 g/mol. The third-order valence-corrected chi connectivity index (χ3v) is 2.85. The Bertz CT molecular complexity index is 656. The van der Waals surface area contributed by atoms with Crippen molar-refractivity contribution >= 4 is 17.7 Å². The van der Waals surface area contributed by atoms with E-state index in [1.165, 1.54) is 30.5 Å². The van der Waals surface area contributed by atoms with Gasteiger partial charge in [0.1, 0.15) is 17.2 Å². The summed E-state index contributed by atoms with van der Waals surface area (Å²) >= 11 is 0. The molecule has 108 valence electrons. The number of hydrogen-bond donors (Lipinski definition) is 2. The first-order valence-corrected chi connectivity index (χ1v) is 6.29. The van der Waals surface area contributed by atoms with Gasteiger partial charge in [0.25, 0.3) is 0 Å². The van der Waals surface area contributed by atoms with E-state index >= 15 is 0 Å². The number of benzene rings is 1. The lowest BCUT2D eigenvalue weighted by Gasteiger charge is -2.07. The average Bonchev–Trinajstić information content (AvgIpc) is 2.47. The smallest absolute Gasteiger partial charge is 0.339 e. The Labute approximate surface area is 120 Å². The minimum Gasteiger partial charge on any atom is -0.478 e. The molecule has 0 aliphatic rings. The van der Waals surface area contributed by atoms with Crippen LogP contribution in [0.25, 0.3) is 0 Å². The zero-order chi connectivity index (χ0) is 15.2. The number of nitrogens with zero attached hydrogens (tertiary/aromatic N) is 1. The molecule has 0 spiro atoms. The molecule has 21 heavy (non-hydrogen) atoms. The van der Waals surface area contributed by atoms with E-state index in [-0.39, 0.29) is 29.5 Å². The second-order valence-electron chi connectivity index (χ2n) is 4.38. The van der Waals surface area contributed by atoms with Gasteiger partial charge in [-0.2, -0.15) is 0 Å². The summed E-state index contributed by atoms with van der Waals surface area (Å²) in [7, 11) is 0. The Hall–Kier alpha value is -2.76. The number of amides is 1. The highest BCUT2D eigenvalue weighted by atomic mass is 19.1. The lowest BCUT2D eigenvalue weighted by atomic mass is 10.1. The van der Waals surface area contributed by atoms with Gasteiger partial charge in [0.2, 0.25) is 5.91 Å². The van der Waals surface area contributed by atoms with Crippen LogP contribution >= 0.6 is 0 Å². The molecule has 6 heteroatoms. The number of aromatic nitrogens is 1. The number of carboxylic acid groups (broad SMARTS) is 1. The topological polar surface area (TPSA) is 79.3 Å². The molecule has 0 saturated heterocycles. The Balaban J connectivity index is 1.96. The molecule has 0 aliphatic heterocycles. The number of rotatable bonds is 5. The molecule has 0 unspecified atom stereocenters. The van der Waals surface area contributed by atoms with E-state index in [9.17, 15) is 14.0 Å². The van der Waals surface area contributed by atoms with Crippen LogP contribution in [0.5, 0.6) is 0 Å². The van der Waals surface area contributed by atoms with Crippen LogP contribution in [0.3, 0.4) is 0 Å². The van der Waals surface area contributed by atoms with Crippen molar-refractivity contribution in [3.63, 3.8) is 0 Å². The lowest BCUT2D eigenvalue weighted by molar-refractivity contribution is -0.116. The molecule has 1 aromatic carbocycles. The SMILES string of the molecule is O=C(CCc1ccc(F)cc1)Nc1ncccc1C(=O)O. The van der Waals surface area contributed by atoms with E-state index < -0.39 is 5.97 Å². The zero-order valence-corrected chi connectivity index (χ0v) is 11.0. The van der Waals surface area contributed by atoms with Gasteiger partial charge in [0.05, 0.1) is 0 Å². The molecule has 1 aromatic heterocycles. The van der Waals surface area contributed by atoms with Gasteiger partial charge in [-0.15, -0.1) is 0 Å². The summed E-state index contributed by atoms with van der Waals surface area (Å²) in [6.45, 7) is 0. The van der Waals surface area contributed by atoms with Crippen LogP contribution in [0.2, 0.25) is 0 Å². The minimum atomic E-state index is -1.16. The van der Waals surface area contributed by atoms with Crippen molar-refractivity contribution in [2.45, 2.75) is 12.8 Å². The van der Waals surface area contributed by atoms with Crippen LogP contribution in [0.4, 0.5) is 10.2 Å². The maximum Gasteiger partial charge on any atom is 0.339 e. The number of aromatic carboxylic acids is 1. The highest BCUT2D eigenvalue weighted by Crippen LogP contribution is 2.12. The van der Waals surface area contributed by atoms with Crippen molar-refractivity contribution in [1.82, 2.24) is 4.98 Å². The quantitative estimate of drug-likeness (QED) is 0.886. The molecule has 5 nitrogen and oxygen atoms in total. The van der Waals surface area contributed by atoms with Gasteiger partial charge in [-0.05, 0) is 36.2 Å². The van der Waals surface area contributed by atoms with Crippen LogP contribution in [0, 0.1) is 5.82 Å². The number of anilines is 1. The first-order chi connectivity index (χ1) is 10.1. The first kappa shape index (κ1) is 14.6. The lowest BCUT2D eigenvalue weighted by Crippen LogP contribution is -2.16. The number of pyridine rings is 1. The summed E-state index contributed by atoms with van der Waals surface area (Å²) in [5.74, 6) is -1.81. The third kappa shape index (κ3) is 4.10. The molecule has 0 radical (unpaired) electrons. The number of carbonyl (C=O) groups is 2.